The van der Waals surface area contributed by atoms with Crippen molar-refractivity contribution in [3.05, 3.63) is 22.4 Å². The molecule has 110 valence electrons. The Morgan fingerprint density at radius 3 is 3.05 bits per heavy atom. The van der Waals surface area contributed by atoms with Crippen LogP contribution in [0.5, 0.6) is 0 Å². The number of hydrogen-bond acceptors (Lipinski definition) is 7. The number of aromatic nitrogens is 2. The van der Waals surface area contributed by atoms with Crippen LogP contribution in [0.3, 0.4) is 0 Å². The van der Waals surface area contributed by atoms with Crippen molar-refractivity contribution in [2.45, 2.75) is 18.1 Å². The topological polar surface area (TPSA) is 111 Å². The summed E-state index contributed by atoms with van der Waals surface area (Å²) in [6.45, 7) is 0.792. The molecule has 3 unspecified atom stereocenters. The molecule has 2 heterocycles. The summed E-state index contributed by atoms with van der Waals surface area (Å²) in [4.78, 5) is 22.2. The van der Waals surface area contributed by atoms with Gasteiger partial charge in [-0.1, -0.05) is 0 Å². The molecule has 8 heteroatoms. The SMILES string of the molecule is CSCC(O)C(O)CNCC1C=Nc2c1nc[nH]c2=O. The summed E-state index contributed by atoms with van der Waals surface area (Å²) >= 11 is 1.48. The van der Waals surface area contributed by atoms with Crippen LogP contribution in [0.4, 0.5) is 5.69 Å². The largest absolute Gasteiger partial charge is 0.390 e. The Kier molecular flexibility index (Phi) is 5.30. The van der Waals surface area contributed by atoms with Gasteiger partial charge in [0.2, 0.25) is 0 Å². The molecule has 0 aliphatic carbocycles. The lowest BCUT2D eigenvalue weighted by Crippen LogP contribution is -2.39. The van der Waals surface area contributed by atoms with Crippen LogP contribution in [0.15, 0.2) is 16.1 Å². The third-order valence-corrected chi connectivity index (χ3v) is 3.77. The van der Waals surface area contributed by atoms with E-state index in [0.717, 1.165) is 0 Å². The average Bonchev–Trinajstić information content (AvgIpc) is 2.84. The van der Waals surface area contributed by atoms with Crippen molar-refractivity contribution in [1.29, 1.82) is 0 Å². The van der Waals surface area contributed by atoms with E-state index >= 15 is 0 Å². The maximum Gasteiger partial charge on any atom is 0.276 e. The van der Waals surface area contributed by atoms with Crippen molar-refractivity contribution < 1.29 is 10.2 Å². The molecule has 7 nitrogen and oxygen atoms in total. The second kappa shape index (κ2) is 6.98. The summed E-state index contributed by atoms with van der Waals surface area (Å²) in [5.41, 5.74) is 0.742. The first-order valence-electron chi connectivity index (χ1n) is 6.31. The number of rotatable bonds is 7. The monoisotopic (exact) mass is 298 g/mol. The molecule has 1 aromatic rings. The van der Waals surface area contributed by atoms with E-state index in [2.05, 4.69) is 20.3 Å². The Labute approximate surface area is 120 Å². The predicted molar refractivity (Wildman–Crippen MR) is 79.0 cm³/mol. The molecule has 0 bridgehead atoms. The minimum absolute atomic E-state index is 0.0859. The van der Waals surface area contributed by atoms with Gasteiger partial charge in [-0.2, -0.15) is 11.8 Å². The van der Waals surface area contributed by atoms with Gasteiger partial charge in [0.15, 0.2) is 0 Å². The van der Waals surface area contributed by atoms with Crippen LogP contribution in [0.25, 0.3) is 0 Å². The van der Waals surface area contributed by atoms with Gasteiger partial charge in [0.1, 0.15) is 5.69 Å². The van der Waals surface area contributed by atoms with Gasteiger partial charge in [-0.25, -0.2) is 4.98 Å². The van der Waals surface area contributed by atoms with Gasteiger partial charge >= 0.3 is 0 Å². The van der Waals surface area contributed by atoms with Crippen LogP contribution in [0, 0.1) is 0 Å². The second-order valence-electron chi connectivity index (χ2n) is 4.60. The minimum Gasteiger partial charge on any atom is -0.390 e. The maximum atomic E-state index is 11.5. The van der Waals surface area contributed by atoms with E-state index < -0.39 is 12.2 Å². The van der Waals surface area contributed by atoms with Crippen LogP contribution < -0.4 is 10.9 Å². The Morgan fingerprint density at radius 2 is 2.30 bits per heavy atom. The minimum atomic E-state index is -0.813. The van der Waals surface area contributed by atoms with Crippen molar-refractivity contribution in [1.82, 2.24) is 15.3 Å². The van der Waals surface area contributed by atoms with Crippen LogP contribution in [-0.2, 0) is 0 Å². The van der Waals surface area contributed by atoms with Gasteiger partial charge in [0.05, 0.1) is 30.1 Å². The number of nitrogens with one attached hydrogen (secondary N) is 2. The number of aliphatic hydroxyl groups excluding tert-OH is 2. The van der Waals surface area contributed by atoms with E-state index in [1.807, 2.05) is 6.26 Å². The number of hydrogen-bond donors (Lipinski definition) is 4. The van der Waals surface area contributed by atoms with Gasteiger partial charge in [-0.3, -0.25) is 9.79 Å². The van der Waals surface area contributed by atoms with Crippen LogP contribution in [0.1, 0.15) is 11.6 Å². The van der Waals surface area contributed by atoms with E-state index in [1.165, 1.54) is 18.1 Å². The number of H-pyrrole nitrogens is 1. The highest BCUT2D eigenvalue weighted by molar-refractivity contribution is 7.98. The van der Waals surface area contributed by atoms with E-state index in [9.17, 15) is 15.0 Å². The quantitative estimate of drug-likeness (QED) is 0.527. The third kappa shape index (κ3) is 3.45. The van der Waals surface area contributed by atoms with Crippen molar-refractivity contribution in [2.75, 3.05) is 25.1 Å². The number of nitrogens with zero attached hydrogens (tertiary/aromatic N) is 2. The molecule has 0 saturated carbocycles. The summed E-state index contributed by atoms with van der Waals surface area (Å²) < 4.78 is 0. The maximum absolute atomic E-state index is 11.5. The highest BCUT2D eigenvalue weighted by Gasteiger charge is 2.23. The van der Waals surface area contributed by atoms with E-state index in [-0.39, 0.29) is 18.0 Å². The molecule has 2 rings (SSSR count). The molecule has 3 atom stereocenters. The van der Waals surface area contributed by atoms with Crippen molar-refractivity contribution in [2.24, 2.45) is 4.99 Å². The summed E-state index contributed by atoms with van der Waals surface area (Å²) in [5.74, 6) is 0.408. The Morgan fingerprint density at radius 1 is 1.50 bits per heavy atom. The zero-order valence-corrected chi connectivity index (χ0v) is 11.9. The van der Waals surface area contributed by atoms with Crippen molar-refractivity contribution in [3.63, 3.8) is 0 Å². The molecule has 0 saturated heterocycles. The molecule has 0 fully saturated rings. The standard InChI is InChI=1S/C12H18N4O3S/c1-20-5-9(18)8(17)4-13-2-7-3-14-11-10(7)15-6-16-12(11)19/h3,6-9,13,17-18H,2,4-5H2,1H3,(H,15,16,19). The molecule has 1 aliphatic rings. The van der Waals surface area contributed by atoms with Crippen LogP contribution in [0.2, 0.25) is 0 Å². The molecule has 0 amide bonds. The number of thioether (sulfide) groups is 1. The Hall–Kier alpha value is -1.22. The first kappa shape index (κ1) is 15.2. The highest BCUT2D eigenvalue weighted by Crippen LogP contribution is 2.25. The summed E-state index contributed by atoms with van der Waals surface area (Å²) in [6, 6.07) is 0. The molecule has 4 N–H and O–H groups in total. The lowest BCUT2D eigenvalue weighted by atomic mass is 10.1. The van der Waals surface area contributed by atoms with E-state index in [1.54, 1.807) is 6.21 Å². The lowest BCUT2D eigenvalue weighted by Gasteiger charge is -2.18. The van der Waals surface area contributed by atoms with E-state index in [4.69, 9.17) is 0 Å². The average molecular weight is 298 g/mol. The van der Waals surface area contributed by atoms with Crippen LogP contribution >= 0.6 is 11.8 Å². The fourth-order valence-electron chi connectivity index (χ4n) is 1.99. The van der Waals surface area contributed by atoms with Gasteiger partial charge in [-0.05, 0) is 6.26 Å². The number of aromatic amines is 1. The number of aliphatic imine (C=N–C) groups is 1. The zero-order chi connectivity index (χ0) is 14.5. The molecular formula is C12H18N4O3S. The van der Waals surface area contributed by atoms with Gasteiger partial charge in [-0.15, -0.1) is 0 Å². The number of fused-ring (bicyclic) bond motifs is 1. The highest BCUT2D eigenvalue weighted by atomic mass is 32.2. The van der Waals surface area contributed by atoms with Crippen LogP contribution in [-0.4, -0.2) is 63.7 Å². The van der Waals surface area contributed by atoms with Gasteiger partial charge < -0.3 is 20.5 Å². The van der Waals surface area contributed by atoms with Crippen molar-refractivity contribution >= 4 is 23.7 Å². The van der Waals surface area contributed by atoms with E-state index in [0.29, 0.717) is 23.7 Å². The first-order valence-corrected chi connectivity index (χ1v) is 7.70. The van der Waals surface area contributed by atoms with Gasteiger partial charge in [0.25, 0.3) is 5.56 Å². The second-order valence-corrected chi connectivity index (χ2v) is 5.51. The molecule has 1 aromatic heterocycles. The normalized spacial score (nSPS) is 19.9. The summed E-state index contributed by atoms with van der Waals surface area (Å²) in [7, 11) is 0. The summed E-state index contributed by atoms with van der Waals surface area (Å²) in [6.07, 6.45) is 3.35. The number of aliphatic hydroxyl groups is 2. The zero-order valence-electron chi connectivity index (χ0n) is 11.1. The smallest absolute Gasteiger partial charge is 0.276 e. The fraction of sp³-hybridized carbons (Fsp3) is 0.583. The Bertz CT molecular complexity index is 534. The summed E-state index contributed by atoms with van der Waals surface area (Å²) in [5, 5.41) is 22.4. The third-order valence-electron chi connectivity index (χ3n) is 3.09. The van der Waals surface area contributed by atoms with Gasteiger partial charge in [0, 0.05) is 25.1 Å². The molecule has 0 spiro atoms. The fourth-order valence-corrected chi connectivity index (χ4v) is 2.56. The Balaban J connectivity index is 1.84. The van der Waals surface area contributed by atoms with Crippen molar-refractivity contribution in [3.8, 4) is 0 Å². The molecule has 20 heavy (non-hydrogen) atoms. The molecular weight excluding hydrogens is 280 g/mol. The molecule has 1 aliphatic heterocycles. The lowest BCUT2D eigenvalue weighted by molar-refractivity contribution is 0.0350. The first-order chi connectivity index (χ1) is 9.63. The molecule has 0 radical (unpaired) electrons. The molecule has 0 aromatic carbocycles. The predicted octanol–water partition coefficient (Wildman–Crippen LogP) is -0.756.